The summed E-state index contributed by atoms with van der Waals surface area (Å²) in [5.74, 6) is 2.04. The first-order chi connectivity index (χ1) is 18.5. The lowest BCUT2D eigenvalue weighted by Gasteiger charge is -2.28. The fourth-order valence-electron chi connectivity index (χ4n) is 4.28. The van der Waals surface area contributed by atoms with Crippen LogP contribution >= 0.6 is 0 Å². The van der Waals surface area contributed by atoms with Crippen LogP contribution in [0.25, 0.3) is 10.9 Å². The summed E-state index contributed by atoms with van der Waals surface area (Å²) < 4.78 is 56.2. The van der Waals surface area contributed by atoms with Crippen molar-refractivity contribution in [2.75, 3.05) is 25.7 Å². The number of amides is 1. The molecule has 0 bridgehead atoms. The van der Waals surface area contributed by atoms with Gasteiger partial charge in [-0.2, -0.15) is 13.2 Å². The number of carbonyl (C=O) groups is 1. The van der Waals surface area contributed by atoms with Crippen LogP contribution < -0.4 is 24.2 Å². The van der Waals surface area contributed by atoms with E-state index in [-0.39, 0.29) is 13.0 Å². The van der Waals surface area contributed by atoms with Gasteiger partial charge in [-0.05, 0) is 67.3 Å². The van der Waals surface area contributed by atoms with Crippen molar-refractivity contribution < 1.29 is 37.3 Å². The Morgan fingerprint density at radius 2 is 1.64 bits per heavy atom. The number of hydrogen-bond donors (Lipinski definition) is 0. The summed E-state index contributed by atoms with van der Waals surface area (Å²) in [6, 6.07) is 13.4. The highest BCUT2D eigenvalue weighted by atomic mass is 19.4. The molecule has 204 valence electrons. The normalized spacial score (nSPS) is 11.4. The number of ether oxygens (including phenoxy) is 3. The van der Waals surface area contributed by atoms with Crippen LogP contribution in [-0.2, 0) is 12.6 Å². The van der Waals surface area contributed by atoms with E-state index in [0.29, 0.717) is 56.3 Å². The van der Waals surface area contributed by atoms with Crippen LogP contribution in [0.5, 0.6) is 23.0 Å². The van der Waals surface area contributed by atoms with Gasteiger partial charge in [-0.25, -0.2) is 0 Å². The standard InChI is InChI=1S/C29H27F3N2O5/c1-17-13-25(39-24-8-10-33-22-16-27(38-4)26(37-3)15-21(22)24)18(2)12-23(17)34(28(35)36)11-9-19-6-5-7-20(14-19)29(30,31)32/h5-8,10,12-16H,9,11H2,1-4H3,(H,35,36)/p-1. The first-order valence-corrected chi connectivity index (χ1v) is 12.0. The minimum absolute atomic E-state index is 0.0724. The molecule has 4 aromatic rings. The second-order valence-electron chi connectivity index (χ2n) is 8.91. The fourth-order valence-corrected chi connectivity index (χ4v) is 4.28. The van der Waals surface area contributed by atoms with Crippen LogP contribution in [0, 0.1) is 13.8 Å². The van der Waals surface area contributed by atoms with E-state index in [4.69, 9.17) is 14.2 Å². The lowest BCUT2D eigenvalue weighted by molar-refractivity contribution is -0.246. The molecule has 7 nitrogen and oxygen atoms in total. The molecule has 0 saturated heterocycles. The molecule has 0 radical (unpaired) electrons. The number of nitrogens with zero attached hydrogens (tertiary/aromatic N) is 2. The number of halogens is 3. The Balaban J connectivity index is 1.61. The van der Waals surface area contributed by atoms with E-state index in [1.807, 2.05) is 0 Å². The molecule has 0 atom stereocenters. The van der Waals surface area contributed by atoms with E-state index < -0.39 is 17.8 Å². The molecule has 0 saturated carbocycles. The zero-order valence-corrected chi connectivity index (χ0v) is 21.8. The Morgan fingerprint density at radius 1 is 0.923 bits per heavy atom. The maximum atomic E-state index is 13.1. The minimum atomic E-state index is -4.48. The molecule has 1 heterocycles. The van der Waals surface area contributed by atoms with Crippen LogP contribution in [-0.4, -0.2) is 31.8 Å². The summed E-state index contributed by atoms with van der Waals surface area (Å²) >= 11 is 0. The van der Waals surface area contributed by atoms with Gasteiger partial charge in [0, 0.05) is 29.9 Å². The molecule has 3 aromatic carbocycles. The number of carboxylic acid groups (broad SMARTS) is 1. The molecule has 10 heteroatoms. The molecule has 0 aliphatic carbocycles. The van der Waals surface area contributed by atoms with Crippen molar-refractivity contribution in [3.63, 3.8) is 0 Å². The van der Waals surface area contributed by atoms with Gasteiger partial charge in [-0.3, -0.25) is 4.98 Å². The molecule has 0 aliphatic heterocycles. The number of anilines is 1. The van der Waals surface area contributed by atoms with Gasteiger partial charge in [0.1, 0.15) is 17.6 Å². The molecule has 0 aliphatic rings. The Labute approximate surface area is 223 Å². The topological polar surface area (TPSA) is 84.0 Å². The van der Waals surface area contributed by atoms with E-state index in [1.54, 1.807) is 50.4 Å². The van der Waals surface area contributed by atoms with Crippen molar-refractivity contribution in [1.82, 2.24) is 4.98 Å². The average molecular weight is 540 g/mol. The highest BCUT2D eigenvalue weighted by Gasteiger charge is 2.30. The van der Waals surface area contributed by atoms with Crippen LogP contribution in [0.2, 0.25) is 0 Å². The van der Waals surface area contributed by atoms with Gasteiger partial charge in [0.25, 0.3) is 0 Å². The summed E-state index contributed by atoms with van der Waals surface area (Å²) in [4.78, 5) is 17.4. The zero-order chi connectivity index (χ0) is 28.3. The van der Waals surface area contributed by atoms with Crippen LogP contribution in [0.4, 0.5) is 23.7 Å². The number of carbonyl (C=O) groups excluding carboxylic acids is 1. The minimum Gasteiger partial charge on any atom is -0.530 e. The van der Waals surface area contributed by atoms with Crippen molar-refractivity contribution >= 4 is 22.7 Å². The van der Waals surface area contributed by atoms with Gasteiger partial charge in [0.05, 0.1) is 25.3 Å². The molecule has 1 aromatic heterocycles. The summed E-state index contributed by atoms with van der Waals surface area (Å²) in [7, 11) is 3.07. The van der Waals surface area contributed by atoms with Crippen molar-refractivity contribution in [2.24, 2.45) is 0 Å². The lowest BCUT2D eigenvalue weighted by atomic mass is 10.1. The first kappa shape index (κ1) is 27.6. The smallest absolute Gasteiger partial charge is 0.416 e. The third kappa shape index (κ3) is 6.00. The number of aromatic nitrogens is 1. The predicted octanol–water partition coefficient (Wildman–Crippen LogP) is 6.07. The summed E-state index contributed by atoms with van der Waals surface area (Å²) in [6.07, 6.45) is -4.26. The number of fused-ring (bicyclic) bond motifs is 1. The largest absolute Gasteiger partial charge is 0.530 e. The Hall–Kier alpha value is -4.47. The summed E-state index contributed by atoms with van der Waals surface area (Å²) in [6.45, 7) is 3.41. The number of benzene rings is 3. The Bertz CT molecular complexity index is 1520. The number of pyridine rings is 1. The molecule has 4 rings (SSSR count). The highest BCUT2D eigenvalue weighted by molar-refractivity contribution is 5.89. The van der Waals surface area contributed by atoms with Crippen molar-refractivity contribution in [3.05, 3.63) is 83.0 Å². The van der Waals surface area contributed by atoms with Crippen molar-refractivity contribution in [2.45, 2.75) is 26.4 Å². The Kier molecular flexibility index (Phi) is 7.85. The maximum absolute atomic E-state index is 13.1. The van der Waals surface area contributed by atoms with E-state index in [0.717, 1.165) is 17.0 Å². The van der Waals surface area contributed by atoms with Crippen molar-refractivity contribution in [1.29, 1.82) is 0 Å². The Morgan fingerprint density at radius 3 is 2.31 bits per heavy atom. The molecular formula is C29H26F3N2O5-. The summed E-state index contributed by atoms with van der Waals surface area (Å²) in [5, 5.41) is 12.7. The van der Waals surface area contributed by atoms with Crippen LogP contribution in [0.15, 0.2) is 60.8 Å². The van der Waals surface area contributed by atoms with Gasteiger partial charge in [-0.15, -0.1) is 0 Å². The average Bonchev–Trinajstić information content (AvgIpc) is 2.90. The number of alkyl halides is 3. The van der Waals surface area contributed by atoms with Crippen LogP contribution in [0.3, 0.4) is 0 Å². The lowest BCUT2D eigenvalue weighted by Crippen LogP contribution is -2.43. The molecule has 39 heavy (non-hydrogen) atoms. The van der Waals surface area contributed by atoms with Gasteiger partial charge in [0.2, 0.25) is 0 Å². The monoisotopic (exact) mass is 539 g/mol. The van der Waals surface area contributed by atoms with E-state index in [2.05, 4.69) is 4.98 Å². The number of hydrogen-bond acceptors (Lipinski definition) is 6. The molecule has 0 spiro atoms. The molecule has 0 unspecified atom stereocenters. The predicted molar refractivity (Wildman–Crippen MR) is 139 cm³/mol. The van der Waals surface area contributed by atoms with Gasteiger partial charge in [-0.1, -0.05) is 18.2 Å². The molecule has 0 fully saturated rings. The number of aryl methyl sites for hydroxylation is 2. The van der Waals surface area contributed by atoms with Crippen LogP contribution in [0.1, 0.15) is 22.3 Å². The first-order valence-electron chi connectivity index (χ1n) is 12.0. The van der Waals surface area contributed by atoms with Gasteiger partial charge >= 0.3 is 6.18 Å². The third-order valence-corrected chi connectivity index (χ3v) is 6.31. The second-order valence-corrected chi connectivity index (χ2v) is 8.91. The van der Waals surface area contributed by atoms with Crippen molar-refractivity contribution in [3.8, 4) is 23.0 Å². The SMILES string of the molecule is COc1cc2nccc(Oc3cc(C)c(N(CCc4cccc(C(F)(F)F)c4)C(=O)[O-])cc3C)c2cc1OC. The molecular weight excluding hydrogens is 513 g/mol. The maximum Gasteiger partial charge on any atom is 0.416 e. The zero-order valence-electron chi connectivity index (χ0n) is 21.8. The third-order valence-electron chi connectivity index (χ3n) is 6.31. The molecule has 0 N–H and O–H groups in total. The van der Waals surface area contributed by atoms with E-state index >= 15 is 0 Å². The molecule has 1 amide bonds. The summed E-state index contributed by atoms with van der Waals surface area (Å²) in [5.41, 5.74) is 1.80. The van der Waals surface area contributed by atoms with Gasteiger partial charge in [0.15, 0.2) is 11.5 Å². The van der Waals surface area contributed by atoms with E-state index in [1.165, 1.54) is 26.4 Å². The second kappa shape index (κ2) is 11.1. The van der Waals surface area contributed by atoms with E-state index in [9.17, 15) is 23.1 Å². The number of rotatable bonds is 8. The van der Waals surface area contributed by atoms with Gasteiger partial charge < -0.3 is 29.0 Å². The quantitative estimate of drug-likeness (QED) is 0.270. The highest BCUT2D eigenvalue weighted by Crippen LogP contribution is 2.39. The fraction of sp³-hybridized carbons (Fsp3) is 0.241. The number of methoxy groups -OCH3 is 2.